The maximum absolute atomic E-state index is 15.7. The highest BCUT2D eigenvalue weighted by Gasteiger charge is 2.67. The molecule has 3 N–H and O–H groups in total. The number of aromatic nitrogens is 1. The molecule has 2 aliphatic rings. The Bertz CT molecular complexity index is 1030. The van der Waals surface area contributed by atoms with E-state index in [9.17, 15) is 27.2 Å². The standard InChI is InChI=1S/C25H31F5N4O2/c1-15-7-8-16(13-32-15)19(23(9-10-23)25(28,29)30)11-21(35)33-14-17(34(2)3)12-24(27)18(22(31)36)5-4-6-20(24)26/h4-8,13,17-19H,9-12,14H2,1-3H3,(H2,31,36)(H,33,35). The number of nitrogens with zero attached hydrogens (tertiary/aromatic N) is 2. The summed E-state index contributed by atoms with van der Waals surface area (Å²) in [5, 5.41) is 2.58. The van der Waals surface area contributed by atoms with Crippen LogP contribution in [0, 0.1) is 18.3 Å². The van der Waals surface area contributed by atoms with Gasteiger partial charge in [0.25, 0.3) is 0 Å². The summed E-state index contributed by atoms with van der Waals surface area (Å²) in [7, 11) is 3.17. The van der Waals surface area contributed by atoms with E-state index in [1.54, 1.807) is 38.1 Å². The van der Waals surface area contributed by atoms with E-state index in [-0.39, 0.29) is 19.4 Å². The molecule has 1 saturated carbocycles. The highest BCUT2D eigenvalue weighted by molar-refractivity contribution is 5.81. The Balaban J connectivity index is 1.74. The Morgan fingerprint density at radius 1 is 1.28 bits per heavy atom. The molecular weight excluding hydrogens is 483 g/mol. The lowest BCUT2D eigenvalue weighted by Crippen LogP contribution is -2.50. The number of carbonyl (C=O) groups is 2. The fourth-order valence-electron chi connectivity index (χ4n) is 4.79. The summed E-state index contributed by atoms with van der Waals surface area (Å²) < 4.78 is 72.0. The third-order valence-corrected chi connectivity index (χ3v) is 7.29. The smallest absolute Gasteiger partial charge is 0.369 e. The first-order valence-electron chi connectivity index (χ1n) is 11.7. The van der Waals surface area contributed by atoms with Gasteiger partial charge in [-0.2, -0.15) is 13.2 Å². The molecule has 4 atom stereocenters. The molecule has 0 spiro atoms. The number of primary amides is 1. The van der Waals surface area contributed by atoms with Crippen LogP contribution in [0.25, 0.3) is 0 Å². The van der Waals surface area contributed by atoms with Crippen molar-refractivity contribution in [1.29, 1.82) is 0 Å². The number of likely N-dealkylation sites (N-methyl/N-ethyl adjacent to an activating group) is 1. The maximum atomic E-state index is 15.7. The van der Waals surface area contributed by atoms with Gasteiger partial charge in [0.15, 0.2) is 5.67 Å². The van der Waals surface area contributed by atoms with Crippen LogP contribution in [0.4, 0.5) is 22.0 Å². The Kier molecular flexibility index (Phi) is 7.92. The maximum Gasteiger partial charge on any atom is 0.395 e. The topological polar surface area (TPSA) is 88.3 Å². The van der Waals surface area contributed by atoms with Gasteiger partial charge in [0, 0.05) is 43.2 Å². The van der Waals surface area contributed by atoms with E-state index in [1.165, 1.54) is 18.3 Å². The molecule has 0 bridgehead atoms. The van der Waals surface area contributed by atoms with Crippen LogP contribution in [0.2, 0.25) is 0 Å². The molecule has 2 amide bonds. The summed E-state index contributed by atoms with van der Waals surface area (Å²) in [5.41, 5.74) is 1.54. The predicted molar refractivity (Wildman–Crippen MR) is 124 cm³/mol. The van der Waals surface area contributed by atoms with E-state index < -0.39 is 65.6 Å². The van der Waals surface area contributed by atoms with Crippen LogP contribution < -0.4 is 11.1 Å². The number of rotatable bonds is 10. The van der Waals surface area contributed by atoms with Crippen LogP contribution in [0.15, 0.2) is 42.4 Å². The lowest BCUT2D eigenvalue weighted by molar-refractivity contribution is -0.194. The summed E-state index contributed by atoms with van der Waals surface area (Å²) >= 11 is 0. The van der Waals surface area contributed by atoms with Gasteiger partial charge >= 0.3 is 6.18 Å². The SMILES string of the molecule is Cc1ccc(C(CC(=O)NCC(CC2(F)C(F)=CC=CC2C(N)=O)N(C)C)C2(C(F)(F)F)CC2)cn1. The molecule has 11 heteroatoms. The van der Waals surface area contributed by atoms with E-state index in [0.717, 1.165) is 6.08 Å². The molecule has 198 valence electrons. The molecule has 2 aliphatic carbocycles. The number of carbonyl (C=O) groups excluding carboxylic acids is 2. The van der Waals surface area contributed by atoms with E-state index in [2.05, 4.69) is 10.3 Å². The third-order valence-electron chi connectivity index (χ3n) is 7.29. The van der Waals surface area contributed by atoms with Crippen molar-refractivity contribution in [3.05, 3.63) is 53.6 Å². The van der Waals surface area contributed by atoms with Gasteiger partial charge in [0.1, 0.15) is 5.83 Å². The Morgan fingerprint density at radius 3 is 2.44 bits per heavy atom. The Labute approximate surface area is 206 Å². The largest absolute Gasteiger partial charge is 0.395 e. The molecule has 1 fully saturated rings. The molecule has 36 heavy (non-hydrogen) atoms. The van der Waals surface area contributed by atoms with Crippen LogP contribution in [0.5, 0.6) is 0 Å². The number of halogens is 5. The van der Waals surface area contributed by atoms with E-state index in [1.807, 2.05) is 0 Å². The zero-order valence-electron chi connectivity index (χ0n) is 20.4. The highest BCUT2D eigenvalue weighted by Crippen LogP contribution is 2.66. The van der Waals surface area contributed by atoms with Crippen LogP contribution in [0.1, 0.15) is 42.9 Å². The van der Waals surface area contributed by atoms with Crippen molar-refractivity contribution in [3.63, 3.8) is 0 Å². The zero-order chi connectivity index (χ0) is 26.9. The quantitative estimate of drug-likeness (QED) is 0.464. The molecule has 0 aliphatic heterocycles. The third kappa shape index (κ3) is 5.61. The Morgan fingerprint density at radius 2 is 1.94 bits per heavy atom. The van der Waals surface area contributed by atoms with Crippen LogP contribution in [-0.4, -0.2) is 60.2 Å². The summed E-state index contributed by atoms with van der Waals surface area (Å²) in [6, 6.07) is 2.38. The van der Waals surface area contributed by atoms with Gasteiger partial charge in [0.2, 0.25) is 11.8 Å². The second-order valence-electron chi connectivity index (χ2n) is 9.91. The van der Waals surface area contributed by atoms with Crippen LogP contribution in [-0.2, 0) is 9.59 Å². The molecule has 3 rings (SSSR count). The summed E-state index contributed by atoms with van der Waals surface area (Å²) in [6.07, 6.45) is -0.919. The second-order valence-corrected chi connectivity index (χ2v) is 9.91. The lowest BCUT2D eigenvalue weighted by atomic mass is 9.79. The number of hydrogen-bond acceptors (Lipinski definition) is 4. The van der Waals surface area contributed by atoms with Gasteiger partial charge in [-0.25, -0.2) is 8.78 Å². The van der Waals surface area contributed by atoms with Crippen molar-refractivity contribution in [2.45, 2.75) is 56.4 Å². The first-order valence-corrected chi connectivity index (χ1v) is 11.7. The molecule has 0 radical (unpaired) electrons. The van der Waals surface area contributed by atoms with Crippen molar-refractivity contribution >= 4 is 11.8 Å². The molecule has 0 saturated heterocycles. The average Bonchev–Trinajstić information content (AvgIpc) is 3.59. The monoisotopic (exact) mass is 514 g/mol. The first kappa shape index (κ1) is 27.8. The minimum Gasteiger partial charge on any atom is -0.369 e. The number of alkyl halides is 4. The van der Waals surface area contributed by atoms with Crippen molar-refractivity contribution in [2.75, 3.05) is 20.6 Å². The van der Waals surface area contributed by atoms with Gasteiger partial charge < -0.3 is 16.0 Å². The van der Waals surface area contributed by atoms with Crippen molar-refractivity contribution in [3.8, 4) is 0 Å². The Hall–Kier alpha value is -2.82. The van der Waals surface area contributed by atoms with Crippen molar-refractivity contribution in [2.24, 2.45) is 17.1 Å². The van der Waals surface area contributed by atoms with Crippen LogP contribution >= 0.6 is 0 Å². The van der Waals surface area contributed by atoms with E-state index in [4.69, 9.17) is 5.73 Å². The van der Waals surface area contributed by atoms with Gasteiger partial charge in [-0.1, -0.05) is 18.2 Å². The molecule has 6 nitrogen and oxygen atoms in total. The van der Waals surface area contributed by atoms with Crippen molar-refractivity contribution < 1.29 is 31.5 Å². The van der Waals surface area contributed by atoms with Crippen molar-refractivity contribution in [1.82, 2.24) is 15.2 Å². The molecular formula is C25H31F5N4O2. The predicted octanol–water partition coefficient (Wildman–Crippen LogP) is 3.88. The fourth-order valence-corrected chi connectivity index (χ4v) is 4.79. The molecule has 1 heterocycles. The van der Waals surface area contributed by atoms with E-state index >= 15 is 4.39 Å². The fraction of sp³-hybridized carbons (Fsp3) is 0.560. The minimum atomic E-state index is -4.49. The number of amides is 2. The second kappa shape index (κ2) is 10.3. The molecule has 1 aromatic heterocycles. The number of allylic oxidation sites excluding steroid dienone is 3. The normalized spacial score (nSPS) is 24.7. The highest BCUT2D eigenvalue weighted by atomic mass is 19.4. The summed E-state index contributed by atoms with van der Waals surface area (Å²) in [4.78, 5) is 30.2. The molecule has 0 aromatic carbocycles. The number of nitrogens with one attached hydrogen (secondary N) is 1. The summed E-state index contributed by atoms with van der Waals surface area (Å²) in [5.74, 6) is -5.49. The molecule has 4 unspecified atom stereocenters. The molecule has 1 aromatic rings. The van der Waals surface area contributed by atoms with Gasteiger partial charge in [-0.15, -0.1) is 0 Å². The number of hydrogen-bond donors (Lipinski definition) is 2. The van der Waals surface area contributed by atoms with E-state index in [0.29, 0.717) is 11.3 Å². The lowest BCUT2D eigenvalue weighted by Gasteiger charge is -2.36. The summed E-state index contributed by atoms with van der Waals surface area (Å²) in [6.45, 7) is 1.54. The zero-order valence-corrected chi connectivity index (χ0v) is 20.4. The number of pyridine rings is 1. The first-order chi connectivity index (χ1) is 16.7. The average molecular weight is 515 g/mol. The van der Waals surface area contributed by atoms with Gasteiger partial charge in [0.05, 0.1) is 11.3 Å². The van der Waals surface area contributed by atoms with Crippen LogP contribution in [0.3, 0.4) is 0 Å². The minimum absolute atomic E-state index is 0.0827. The number of nitrogens with two attached hydrogens (primary N) is 1. The van der Waals surface area contributed by atoms with Gasteiger partial charge in [-0.05, 0) is 51.6 Å². The van der Waals surface area contributed by atoms with Gasteiger partial charge in [-0.3, -0.25) is 14.6 Å². The number of aryl methyl sites for hydroxylation is 1.